The van der Waals surface area contributed by atoms with Gasteiger partial charge in [-0.15, -0.1) is 0 Å². The van der Waals surface area contributed by atoms with Crippen LogP contribution in [0.3, 0.4) is 0 Å². The molecule has 2 aliphatic heterocycles. The Labute approximate surface area is 177 Å². The number of allylic oxidation sites excluding steroid dienone is 1. The van der Waals surface area contributed by atoms with Gasteiger partial charge in [0.1, 0.15) is 24.0 Å². The molecule has 3 heterocycles. The number of pyridine rings is 1. The molecule has 0 spiro atoms. The van der Waals surface area contributed by atoms with Gasteiger partial charge in [-0.2, -0.15) is 0 Å². The van der Waals surface area contributed by atoms with Crippen LogP contribution in [0.15, 0.2) is 60.6 Å². The average molecular weight is 423 g/mol. The Morgan fingerprint density at radius 2 is 2.00 bits per heavy atom. The Kier molecular flexibility index (Phi) is 4.73. The zero-order valence-corrected chi connectivity index (χ0v) is 16.5. The predicted molar refractivity (Wildman–Crippen MR) is 110 cm³/mol. The molecule has 0 saturated carbocycles. The summed E-state index contributed by atoms with van der Waals surface area (Å²) in [5, 5.41) is 0.212. The summed E-state index contributed by atoms with van der Waals surface area (Å²) < 4.78 is 25.9. The molecule has 0 fully saturated rings. The first-order valence-electron chi connectivity index (χ1n) is 9.38. The molecule has 0 bridgehead atoms. The zero-order chi connectivity index (χ0) is 20.7. The highest BCUT2D eigenvalue weighted by molar-refractivity contribution is 6.32. The fraction of sp³-hybridized carbons (Fsp3) is 0.130. The van der Waals surface area contributed by atoms with E-state index in [1.165, 1.54) is 18.2 Å². The van der Waals surface area contributed by atoms with Crippen molar-refractivity contribution in [2.75, 3.05) is 6.73 Å². The topological polar surface area (TPSA) is 51.7 Å². The van der Waals surface area contributed by atoms with Crippen LogP contribution in [0.5, 0.6) is 11.5 Å². The lowest BCUT2D eigenvalue weighted by molar-refractivity contribution is 0.0872. The third-order valence-corrected chi connectivity index (χ3v) is 5.44. The Morgan fingerprint density at radius 3 is 2.80 bits per heavy atom. The minimum atomic E-state index is -0.517. The van der Waals surface area contributed by atoms with Gasteiger partial charge >= 0.3 is 0 Å². The van der Waals surface area contributed by atoms with Gasteiger partial charge in [-0.05, 0) is 48.0 Å². The van der Waals surface area contributed by atoms with Crippen molar-refractivity contribution < 1.29 is 18.7 Å². The second-order valence-corrected chi connectivity index (χ2v) is 7.52. The lowest BCUT2D eigenvalue weighted by Gasteiger charge is -2.29. The van der Waals surface area contributed by atoms with Crippen molar-refractivity contribution in [2.24, 2.45) is 0 Å². The summed E-state index contributed by atoms with van der Waals surface area (Å²) in [6.07, 6.45) is 4.85. The molecule has 2 aliphatic rings. The number of rotatable bonds is 3. The Morgan fingerprint density at radius 1 is 1.17 bits per heavy atom. The molecule has 3 aromatic rings. The first-order chi connectivity index (χ1) is 14.6. The molecule has 5 nitrogen and oxygen atoms in total. The van der Waals surface area contributed by atoms with Crippen LogP contribution < -0.4 is 9.47 Å². The molecule has 2 aromatic carbocycles. The van der Waals surface area contributed by atoms with Crippen LogP contribution in [0, 0.1) is 5.82 Å². The molecule has 1 aromatic heterocycles. The fourth-order valence-electron chi connectivity index (χ4n) is 3.63. The molecule has 0 aliphatic carbocycles. The Balaban J connectivity index is 1.46. The maximum Gasteiger partial charge on any atom is 0.231 e. The number of ketones is 1. The van der Waals surface area contributed by atoms with E-state index in [1.54, 1.807) is 30.6 Å². The average Bonchev–Trinajstić information content (AvgIpc) is 3.07. The SMILES string of the molecule is O=C1/C(=C/c2c(F)cccc2Cl)Oc2c1ccc1c2CN(Cc2ccncc2)CO1. The van der Waals surface area contributed by atoms with Gasteiger partial charge in [0, 0.05) is 31.0 Å². The van der Waals surface area contributed by atoms with Crippen LogP contribution in [0.1, 0.15) is 27.0 Å². The first kappa shape index (κ1) is 18.8. The number of carbonyl (C=O) groups is 1. The van der Waals surface area contributed by atoms with E-state index in [4.69, 9.17) is 21.1 Å². The van der Waals surface area contributed by atoms with E-state index in [-0.39, 0.29) is 22.1 Å². The number of halogens is 2. The first-order valence-corrected chi connectivity index (χ1v) is 9.76. The maximum absolute atomic E-state index is 14.2. The zero-order valence-electron chi connectivity index (χ0n) is 15.8. The quantitative estimate of drug-likeness (QED) is 0.565. The third kappa shape index (κ3) is 3.34. The number of hydrogen-bond acceptors (Lipinski definition) is 5. The van der Waals surface area contributed by atoms with Crippen molar-refractivity contribution >= 4 is 23.5 Å². The lowest BCUT2D eigenvalue weighted by Crippen LogP contribution is -2.31. The van der Waals surface area contributed by atoms with Crippen LogP contribution in [-0.4, -0.2) is 22.4 Å². The van der Waals surface area contributed by atoms with Crippen LogP contribution >= 0.6 is 11.6 Å². The van der Waals surface area contributed by atoms with Crippen molar-refractivity contribution in [3.05, 3.63) is 93.7 Å². The minimum Gasteiger partial charge on any atom is -0.478 e. The molecule has 0 atom stereocenters. The molecule has 0 radical (unpaired) electrons. The fourth-order valence-corrected chi connectivity index (χ4v) is 3.85. The van der Waals surface area contributed by atoms with Crippen LogP contribution in [0.4, 0.5) is 4.39 Å². The van der Waals surface area contributed by atoms with Gasteiger partial charge in [-0.25, -0.2) is 4.39 Å². The predicted octanol–water partition coefficient (Wildman–Crippen LogP) is 4.84. The number of carbonyl (C=O) groups excluding carboxylic acids is 1. The Hall–Kier alpha value is -3.22. The number of aromatic nitrogens is 1. The largest absolute Gasteiger partial charge is 0.478 e. The van der Waals surface area contributed by atoms with Gasteiger partial charge in [0.2, 0.25) is 5.78 Å². The normalized spacial score (nSPS) is 16.7. The second-order valence-electron chi connectivity index (χ2n) is 7.11. The monoisotopic (exact) mass is 422 g/mol. The maximum atomic E-state index is 14.2. The second kappa shape index (κ2) is 7.55. The van der Waals surface area contributed by atoms with E-state index < -0.39 is 5.82 Å². The molecule has 150 valence electrons. The van der Waals surface area contributed by atoms with Gasteiger partial charge in [-0.1, -0.05) is 17.7 Å². The molecule has 7 heteroatoms. The van der Waals surface area contributed by atoms with E-state index >= 15 is 0 Å². The molecule has 30 heavy (non-hydrogen) atoms. The van der Waals surface area contributed by atoms with Crippen molar-refractivity contribution in [1.82, 2.24) is 9.88 Å². The van der Waals surface area contributed by atoms with Crippen LogP contribution in [0.2, 0.25) is 5.02 Å². The summed E-state index contributed by atoms with van der Waals surface area (Å²) in [6.45, 7) is 1.66. The summed E-state index contributed by atoms with van der Waals surface area (Å²) in [5.74, 6) is 0.347. The van der Waals surface area contributed by atoms with Crippen molar-refractivity contribution in [3.8, 4) is 11.5 Å². The highest BCUT2D eigenvalue weighted by Gasteiger charge is 2.34. The molecule has 0 amide bonds. The summed E-state index contributed by atoms with van der Waals surface area (Å²) in [6, 6.07) is 11.7. The molecule has 0 saturated heterocycles. The van der Waals surface area contributed by atoms with Gasteiger partial charge in [0.15, 0.2) is 5.76 Å². The highest BCUT2D eigenvalue weighted by atomic mass is 35.5. The van der Waals surface area contributed by atoms with Crippen molar-refractivity contribution in [1.29, 1.82) is 0 Å². The van der Waals surface area contributed by atoms with Crippen molar-refractivity contribution in [3.63, 3.8) is 0 Å². The number of nitrogens with zero attached hydrogens (tertiary/aromatic N) is 2. The van der Waals surface area contributed by atoms with Gasteiger partial charge in [0.25, 0.3) is 0 Å². The van der Waals surface area contributed by atoms with E-state index in [1.807, 2.05) is 12.1 Å². The summed E-state index contributed by atoms with van der Waals surface area (Å²) in [5.41, 5.74) is 2.46. The molecular formula is C23H16ClFN2O3. The summed E-state index contributed by atoms with van der Waals surface area (Å²) >= 11 is 6.10. The number of hydrogen-bond donors (Lipinski definition) is 0. The van der Waals surface area contributed by atoms with E-state index in [0.717, 1.165) is 11.1 Å². The smallest absolute Gasteiger partial charge is 0.231 e. The number of fused-ring (bicyclic) bond motifs is 3. The summed E-state index contributed by atoms with van der Waals surface area (Å²) in [7, 11) is 0. The van der Waals surface area contributed by atoms with E-state index in [2.05, 4.69) is 9.88 Å². The van der Waals surface area contributed by atoms with E-state index in [0.29, 0.717) is 36.9 Å². The van der Waals surface area contributed by atoms with Gasteiger partial charge in [0.05, 0.1) is 16.1 Å². The molecule has 0 unspecified atom stereocenters. The summed E-state index contributed by atoms with van der Waals surface area (Å²) in [4.78, 5) is 19.0. The standard InChI is InChI=1S/C23H16ClFN2O3/c24-18-2-1-3-19(25)16(18)10-21-22(28)15-4-5-20-17(23(15)30-21)12-27(13-29-20)11-14-6-8-26-9-7-14/h1-10H,11-13H2/b21-10-. The van der Waals surface area contributed by atoms with E-state index in [9.17, 15) is 9.18 Å². The van der Waals surface area contributed by atoms with Gasteiger partial charge in [-0.3, -0.25) is 14.7 Å². The number of benzene rings is 2. The molecule has 5 rings (SSSR count). The van der Waals surface area contributed by atoms with Gasteiger partial charge < -0.3 is 9.47 Å². The number of Topliss-reactive ketones (excluding diaryl/α,β-unsaturated/α-hetero) is 1. The van der Waals surface area contributed by atoms with Crippen LogP contribution in [0.25, 0.3) is 6.08 Å². The third-order valence-electron chi connectivity index (χ3n) is 5.11. The molecular weight excluding hydrogens is 407 g/mol. The number of ether oxygens (including phenoxy) is 2. The lowest BCUT2D eigenvalue weighted by atomic mass is 10.0. The van der Waals surface area contributed by atoms with Crippen LogP contribution in [-0.2, 0) is 13.1 Å². The highest BCUT2D eigenvalue weighted by Crippen LogP contribution is 2.42. The Bertz CT molecular complexity index is 1160. The molecule has 0 N–H and O–H groups in total. The minimum absolute atomic E-state index is 0.0386. The van der Waals surface area contributed by atoms with Crippen molar-refractivity contribution in [2.45, 2.75) is 13.1 Å².